The molecule has 0 radical (unpaired) electrons. The van der Waals surface area contributed by atoms with E-state index in [9.17, 15) is 9.59 Å². The molecule has 152 valence electrons. The fourth-order valence-electron chi connectivity index (χ4n) is 4.13. The lowest BCUT2D eigenvalue weighted by molar-refractivity contribution is 0.0909. The Balaban J connectivity index is 1.81. The lowest BCUT2D eigenvalue weighted by Gasteiger charge is -2.29. The van der Waals surface area contributed by atoms with Crippen LogP contribution in [0.15, 0.2) is 18.3 Å². The largest absolute Gasteiger partial charge is 0.366 e. The van der Waals surface area contributed by atoms with Crippen LogP contribution in [0.5, 0.6) is 0 Å². The van der Waals surface area contributed by atoms with E-state index in [1.165, 1.54) is 6.20 Å². The van der Waals surface area contributed by atoms with Gasteiger partial charge in [0.1, 0.15) is 5.82 Å². The van der Waals surface area contributed by atoms with Crippen LogP contribution in [-0.2, 0) is 12.8 Å². The summed E-state index contributed by atoms with van der Waals surface area (Å²) >= 11 is 0. The smallest absolute Gasteiger partial charge is 0.254 e. The number of primary amides is 1. The SMILES string of the molecule is CCc1nn(-c2ncc(C(N)=O)c(NC3CC=CC3)n2)c2c1C(=O)CC(C)(C)C2. The van der Waals surface area contributed by atoms with Gasteiger partial charge in [0, 0.05) is 18.7 Å². The highest BCUT2D eigenvalue weighted by Gasteiger charge is 2.36. The number of rotatable bonds is 5. The maximum absolute atomic E-state index is 12.8. The molecule has 0 fully saturated rings. The minimum Gasteiger partial charge on any atom is -0.366 e. The Bertz CT molecular complexity index is 1010. The molecule has 2 aliphatic rings. The van der Waals surface area contributed by atoms with E-state index in [4.69, 9.17) is 5.73 Å². The Kier molecular flexibility index (Phi) is 4.72. The van der Waals surface area contributed by atoms with Gasteiger partial charge in [-0.25, -0.2) is 9.67 Å². The molecule has 0 aliphatic heterocycles. The maximum Gasteiger partial charge on any atom is 0.254 e. The average molecular weight is 394 g/mol. The lowest BCUT2D eigenvalue weighted by Crippen LogP contribution is -2.29. The number of Topliss-reactive ketones (excluding diaryl/α,β-unsaturated/α-hetero) is 1. The highest BCUT2D eigenvalue weighted by molar-refractivity contribution is 6.00. The van der Waals surface area contributed by atoms with Crippen molar-refractivity contribution in [2.24, 2.45) is 11.1 Å². The second kappa shape index (κ2) is 7.09. The number of carbonyl (C=O) groups is 2. The van der Waals surface area contributed by atoms with Crippen molar-refractivity contribution in [3.05, 3.63) is 40.9 Å². The van der Waals surface area contributed by atoms with Gasteiger partial charge >= 0.3 is 0 Å². The van der Waals surface area contributed by atoms with Crippen molar-refractivity contribution in [1.29, 1.82) is 0 Å². The van der Waals surface area contributed by atoms with Crippen molar-refractivity contribution >= 4 is 17.5 Å². The summed E-state index contributed by atoms with van der Waals surface area (Å²) in [6, 6.07) is 0.161. The van der Waals surface area contributed by atoms with Gasteiger partial charge < -0.3 is 11.1 Å². The van der Waals surface area contributed by atoms with E-state index >= 15 is 0 Å². The highest BCUT2D eigenvalue weighted by Crippen LogP contribution is 2.37. The van der Waals surface area contributed by atoms with Gasteiger partial charge in [0.15, 0.2) is 5.78 Å². The Labute approximate surface area is 169 Å². The van der Waals surface area contributed by atoms with Gasteiger partial charge in [0.2, 0.25) is 0 Å². The standard InChI is InChI=1S/C21H26N6O2/c1-4-14-17-15(9-21(2,3)10-16(17)28)27(26-14)20-23-11-13(18(22)29)19(25-20)24-12-7-5-6-8-12/h5-6,11-12H,4,7-10H2,1-3H3,(H2,22,29)(H,23,24,25). The predicted molar refractivity (Wildman–Crippen MR) is 109 cm³/mol. The molecular weight excluding hydrogens is 368 g/mol. The number of ketones is 1. The molecule has 1 amide bonds. The highest BCUT2D eigenvalue weighted by atomic mass is 16.1. The van der Waals surface area contributed by atoms with Crippen molar-refractivity contribution < 1.29 is 9.59 Å². The number of nitrogens with two attached hydrogens (primary N) is 1. The number of amides is 1. The number of fused-ring (bicyclic) bond motifs is 1. The third-order valence-electron chi connectivity index (χ3n) is 5.53. The molecule has 29 heavy (non-hydrogen) atoms. The number of aryl methyl sites for hydroxylation is 1. The van der Waals surface area contributed by atoms with Crippen molar-refractivity contribution in [3.63, 3.8) is 0 Å². The van der Waals surface area contributed by atoms with E-state index < -0.39 is 5.91 Å². The van der Waals surface area contributed by atoms with Gasteiger partial charge in [-0.1, -0.05) is 32.9 Å². The van der Waals surface area contributed by atoms with E-state index in [1.54, 1.807) is 4.68 Å². The summed E-state index contributed by atoms with van der Waals surface area (Å²) in [5.41, 5.74) is 7.91. The molecule has 2 heterocycles. The third kappa shape index (κ3) is 3.54. The number of hydrogen-bond acceptors (Lipinski definition) is 6. The third-order valence-corrected chi connectivity index (χ3v) is 5.53. The van der Waals surface area contributed by atoms with Crippen LogP contribution >= 0.6 is 0 Å². The molecule has 2 aliphatic carbocycles. The molecule has 2 aromatic heterocycles. The van der Waals surface area contributed by atoms with E-state index in [1.807, 2.05) is 6.92 Å². The molecule has 0 saturated carbocycles. The molecule has 3 N–H and O–H groups in total. The van der Waals surface area contributed by atoms with Crippen LogP contribution in [-0.4, -0.2) is 37.5 Å². The monoisotopic (exact) mass is 394 g/mol. The summed E-state index contributed by atoms with van der Waals surface area (Å²) in [5, 5.41) is 7.96. The molecule has 0 atom stereocenters. The number of anilines is 1. The van der Waals surface area contributed by atoms with Crippen LogP contribution in [0, 0.1) is 5.41 Å². The molecule has 0 bridgehead atoms. The zero-order valence-corrected chi connectivity index (χ0v) is 17.0. The fraction of sp³-hybridized carbons (Fsp3) is 0.476. The van der Waals surface area contributed by atoms with E-state index in [0.29, 0.717) is 36.6 Å². The lowest BCUT2D eigenvalue weighted by atomic mass is 9.75. The van der Waals surface area contributed by atoms with Crippen molar-refractivity contribution in [3.8, 4) is 5.95 Å². The van der Waals surface area contributed by atoms with Gasteiger partial charge in [-0.15, -0.1) is 0 Å². The Morgan fingerprint density at radius 1 is 1.31 bits per heavy atom. The van der Waals surface area contributed by atoms with Crippen molar-refractivity contribution in [1.82, 2.24) is 19.7 Å². The molecule has 8 heteroatoms. The van der Waals surface area contributed by atoms with Crippen molar-refractivity contribution in [2.75, 3.05) is 5.32 Å². The quantitative estimate of drug-likeness (QED) is 0.753. The maximum atomic E-state index is 12.8. The number of nitrogens with zero attached hydrogens (tertiary/aromatic N) is 4. The molecule has 0 unspecified atom stereocenters. The Morgan fingerprint density at radius 2 is 2.03 bits per heavy atom. The van der Waals surface area contributed by atoms with E-state index in [-0.39, 0.29) is 22.8 Å². The number of nitrogens with one attached hydrogen (secondary N) is 1. The summed E-state index contributed by atoms with van der Waals surface area (Å²) in [4.78, 5) is 33.6. The molecule has 0 spiro atoms. The van der Waals surface area contributed by atoms with Crippen LogP contribution < -0.4 is 11.1 Å². The molecule has 4 rings (SSSR count). The fourth-order valence-corrected chi connectivity index (χ4v) is 4.13. The van der Waals surface area contributed by atoms with Crippen LogP contribution in [0.25, 0.3) is 5.95 Å². The normalized spacial score (nSPS) is 18.1. The summed E-state index contributed by atoms with van der Waals surface area (Å²) in [6.45, 7) is 6.14. The summed E-state index contributed by atoms with van der Waals surface area (Å²) in [7, 11) is 0. The first kappa shape index (κ1) is 19.3. The topological polar surface area (TPSA) is 116 Å². The van der Waals surface area contributed by atoms with Crippen LogP contribution in [0.2, 0.25) is 0 Å². The number of carbonyl (C=O) groups excluding carboxylic acids is 2. The van der Waals surface area contributed by atoms with Gasteiger partial charge in [-0.05, 0) is 31.1 Å². The zero-order valence-electron chi connectivity index (χ0n) is 17.0. The van der Waals surface area contributed by atoms with Gasteiger partial charge in [0.05, 0.1) is 22.5 Å². The van der Waals surface area contributed by atoms with Gasteiger partial charge in [0.25, 0.3) is 11.9 Å². The summed E-state index contributed by atoms with van der Waals surface area (Å²) < 4.78 is 1.66. The summed E-state index contributed by atoms with van der Waals surface area (Å²) in [6.07, 6.45) is 9.20. The van der Waals surface area contributed by atoms with E-state index in [0.717, 1.165) is 24.2 Å². The first-order chi connectivity index (χ1) is 13.8. The van der Waals surface area contributed by atoms with Gasteiger partial charge in [-0.3, -0.25) is 9.59 Å². The molecule has 8 nitrogen and oxygen atoms in total. The van der Waals surface area contributed by atoms with Crippen LogP contribution in [0.1, 0.15) is 72.1 Å². The average Bonchev–Trinajstić information content (AvgIpc) is 3.28. The van der Waals surface area contributed by atoms with E-state index in [2.05, 4.69) is 46.4 Å². The van der Waals surface area contributed by atoms with Gasteiger partial charge in [-0.2, -0.15) is 10.1 Å². The first-order valence-corrected chi connectivity index (χ1v) is 10.0. The number of hydrogen-bond donors (Lipinski definition) is 2. The van der Waals surface area contributed by atoms with Crippen LogP contribution in [0.3, 0.4) is 0 Å². The van der Waals surface area contributed by atoms with Crippen LogP contribution in [0.4, 0.5) is 5.82 Å². The molecule has 0 aromatic carbocycles. The minimum absolute atomic E-state index is 0.114. The zero-order chi connectivity index (χ0) is 20.8. The summed E-state index contributed by atoms with van der Waals surface area (Å²) in [5.74, 6) is 0.270. The van der Waals surface area contributed by atoms with Crippen molar-refractivity contribution in [2.45, 2.75) is 58.9 Å². The molecule has 0 saturated heterocycles. The second-order valence-corrected chi connectivity index (χ2v) is 8.56. The minimum atomic E-state index is -0.585. The molecule has 2 aromatic rings. The molecular formula is C21H26N6O2. The first-order valence-electron chi connectivity index (χ1n) is 10.0. The second-order valence-electron chi connectivity index (χ2n) is 8.56. The Hall–Kier alpha value is -3.03. The number of aromatic nitrogens is 4. The Morgan fingerprint density at radius 3 is 2.69 bits per heavy atom. The predicted octanol–water partition coefficient (Wildman–Crippen LogP) is 2.61.